The van der Waals surface area contributed by atoms with Crippen LogP contribution in [-0.2, 0) is 14.2 Å². The summed E-state index contributed by atoms with van der Waals surface area (Å²) in [5, 5.41) is 19.1. The molecule has 0 heterocycles. The van der Waals surface area contributed by atoms with E-state index in [2.05, 4.69) is 4.52 Å². The summed E-state index contributed by atoms with van der Waals surface area (Å²) >= 11 is 0. The van der Waals surface area contributed by atoms with Gasteiger partial charge in [0.15, 0.2) is 0 Å². The molecule has 0 saturated carbocycles. The van der Waals surface area contributed by atoms with Crippen LogP contribution in [-0.4, -0.2) is 28.2 Å². The molecule has 0 radical (unpaired) electrons. The average molecular weight is 541 g/mol. The molecule has 1 unspecified atom stereocenters. The number of halogens is 5. The van der Waals surface area contributed by atoms with Gasteiger partial charge in [-0.3, -0.25) is 9.59 Å². The Labute approximate surface area is 203 Å². The summed E-state index contributed by atoms with van der Waals surface area (Å²) in [5.74, 6) is -16.2. The van der Waals surface area contributed by atoms with E-state index in [1.807, 2.05) is 25.9 Å². The van der Waals surface area contributed by atoms with Gasteiger partial charge in [0.05, 0.1) is 6.42 Å². The maximum Gasteiger partial charge on any atom is 0.513 e. The highest BCUT2D eigenvalue weighted by Gasteiger charge is 2.37. The topological polar surface area (TPSA) is 122 Å². The van der Waals surface area contributed by atoms with Gasteiger partial charge in [-0.1, -0.05) is 45.4 Å². The summed E-state index contributed by atoms with van der Waals surface area (Å²) in [6.07, 6.45) is 1.18. The monoisotopic (exact) mass is 541 g/mol. The number of para-hydroxylation sites is 1. The van der Waals surface area contributed by atoms with E-state index in [-0.39, 0.29) is 17.6 Å². The van der Waals surface area contributed by atoms with Crippen molar-refractivity contribution in [1.29, 1.82) is 0 Å². The molecule has 36 heavy (non-hydrogen) atoms. The van der Waals surface area contributed by atoms with Crippen LogP contribution >= 0.6 is 7.75 Å². The quantitative estimate of drug-likeness (QED) is 0.147. The molecule has 0 saturated heterocycles. The summed E-state index contributed by atoms with van der Waals surface area (Å²) in [7, 11) is -4.95. The Morgan fingerprint density at radius 2 is 1.42 bits per heavy atom. The third-order valence-corrected chi connectivity index (χ3v) is 6.24. The number of benzene rings is 2. The lowest BCUT2D eigenvalue weighted by Gasteiger charge is -2.22. The lowest BCUT2D eigenvalue weighted by molar-refractivity contribution is -0.140. The van der Waals surface area contributed by atoms with Gasteiger partial charge in [-0.2, -0.15) is 13.9 Å². The third kappa shape index (κ3) is 8.80. The zero-order valence-electron chi connectivity index (χ0n) is 19.7. The Morgan fingerprint density at radius 3 is 1.81 bits per heavy atom. The number of rotatable bonds is 10. The molecule has 200 valence electrons. The number of aliphatic carboxylic acids is 2. The number of carbonyl (C=O) groups is 2. The molecule has 0 aliphatic rings. The van der Waals surface area contributed by atoms with Crippen molar-refractivity contribution in [3.05, 3.63) is 59.4 Å². The number of hydrogen-bond acceptors (Lipinski definition) is 5. The van der Waals surface area contributed by atoms with Gasteiger partial charge in [0.2, 0.25) is 34.8 Å². The average Bonchev–Trinajstić information content (AvgIpc) is 2.79. The fourth-order valence-corrected chi connectivity index (χ4v) is 3.83. The molecule has 2 rings (SSSR count). The van der Waals surface area contributed by atoms with Crippen molar-refractivity contribution in [3.8, 4) is 11.5 Å². The van der Waals surface area contributed by atoms with Crippen molar-refractivity contribution in [3.63, 3.8) is 0 Å². The van der Waals surface area contributed by atoms with E-state index in [1.165, 1.54) is 30.3 Å². The molecule has 0 aromatic heterocycles. The molecular formula is C22H25F5NO7P. The first-order chi connectivity index (χ1) is 16.5. The molecule has 2 aromatic rings. The summed E-state index contributed by atoms with van der Waals surface area (Å²) in [6, 6.07) is 5.22. The second kappa shape index (κ2) is 12.7. The van der Waals surface area contributed by atoms with Crippen LogP contribution in [0.25, 0.3) is 0 Å². The maximum absolute atomic E-state index is 13.8. The maximum atomic E-state index is 13.8. The minimum atomic E-state index is -4.95. The van der Waals surface area contributed by atoms with Gasteiger partial charge in [0, 0.05) is 0 Å². The highest BCUT2D eigenvalue weighted by atomic mass is 31.2. The zero-order valence-corrected chi connectivity index (χ0v) is 20.5. The Balaban J connectivity index is 0.000000613. The highest BCUT2D eigenvalue weighted by Crippen LogP contribution is 2.47. The van der Waals surface area contributed by atoms with E-state index < -0.39 is 60.6 Å². The number of carboxylic acids is 2. The number of nitrogens with one attached hydrogen (secondary N) is 1. The molecule has 2 atom stereocenters. The lowest BCUT2D eigenvalue weighted by Crippen LogP contribution is -2.34. The van der Waals surface area contributed by atoms with Crippen LogP contribution in [0, 0.1) is 34.5 Å². The smallest absolute Gasteiger partial charge is 0.481 e. The van der Waals surface area contributed by atoms with E-state index in [0.717, 1.165) is 13.3 Å². The van der Waals surface area contributed by atoms with Crippen LogP contribution < -0.4 is 14.1 Å². The molecule has 0 aliphatic heterocycles. The molecule has 2 aromatic carbocycles. The lowest BCUT2D eigenvalue weighted by atomic mass is 9.87. The van der Waals surface area contributed by atoms with Crippen molar-refractivity contribution in [2.45, 2.75) is 46.6 Å². The fourth-order valence-electron chi connectivity index (χ4n) is 2.30. The predicted octanol–water partition coefficient (Wildman–Crippen LogP) is 5.91. The van der Waals surface area contributed by atoms with Gasteiger partial charge in [0.25, 0.3) is 0 Å². The van der Waals surface area contributed by atoms with Crippen LogP contribution in [0.5, 0.6) is 11.5 Å². The minimum Gasteiger partial charge on any atom is -0.481 e. The Morgan fingerprint density at radius 1 is 0.944 bits per heavy atom. The van der Waals surface area contributed by atoms with Crippen molar-refractivity contribution in [2.75, 3.05) is 0 Å². The Bertz CT molecular complexity index is 1100. The standard InChI is InChI=1S/C15H11F5NO5P.C7H14O2/c1-7(15(22)23)21-27(24,25-8-5-3-2-4-6-8)26-14-12(19)10(17)9(16)11(18)13(14)20;1-4-7(2,3)5-6(8)9/h2-7H,1H3,(H,21,24)(H,22,23);4-5H2,1-3H3,(H,8,9)/t7-,27?;/m0./s1. The molecule has 0 aliphatic carbocycles. The van der Waals surface area contributed by atoms with E-state index >= 15 is 0 Å². The predicted molar refractivity (Wildman–Crippen MR) is 118 cm³/mol. The fraction of sp³-hybridized carbons (Fsp3) is 0.364. The van der Waals surface area contributed by atoms with Crippen LogP contribution in [0.15, 0.2) is 30.3 Å². The van der Waals surface area contributed by atoms with Gasteiger partial charge in [0.1, 0.15) is 11.8 Å². The van der Waals surface area contributed by atoms with Crippen molar-refractivity contribution in [1.82, 2.24) is 5.09 Å². The first-order valence-corrected chi connectivity index (χ1v) is 11.9. The molecule has 3 N–H and O–H groups in total. The number of hydrogen-bond donors (Lipinski definition) is 3. The minimum absolute atomic E-state index is 0.0359. The van der Waals surface area contributed by atoms with Crippen LogP contribution in [0.3, 0.4) is 0 Å². The summed E-state index contributed by atoms with van der Waals surface area (Å²) < 4.78 is 89.5. The third-order valence-electron chi connectivity index (χ3n) is 4.66. The molecule has 0 bridgehead atoms. The van der Waals surface area contributed by atoms with E-state index in [4.69, 9.17) is 14.7 Å². The largest absolute Gasteiger partial charge is 0.513 e. The molecule has 14 heteroatoms. The van der Waals surface area contributed by atoms with Gasteiger partial charge in [-0.25, -0.2) is 17.7 Å². The summed E-state index contributed by atoms with van der Waals surface area (Å²) in [5.41, 5.74) is -0.0359. The van der Waals surface area contributed by atoms with Gasteiger partial charge in [-0.15, -0.1) is 0 Å². The Hall–Kier alpha value is -3.18. The SMILES string of the molecule is CCC(C)(C)CC(=O)O.C[C@H](NP(=O)(Oc1ccccc1)Oc1c(F)c(F)c(F)c(F)c1F)C(=O)O. The summed E-state index contributed by atoms with van der Waals surface area (Å²) in [4.78, 5) is 21.1. The van der Waals surface area contributed by atoms with E-state index in [1.54, 1.807) is 0 Å². The van der Waals surface area contributed by atoms with Crippen LogP contribution in [0.1, 0.15) is 40.5 Å². The van der Waals surface area contributed by atoms with Gasteiger partial charge >= 0.3 is 19.7 Å². The summed E-state index contributed by atoms with van der Waals surface area (Å²) in [6.45, 7) is 6.91. The zero-order chi connectivity index (χ0) is 27.8. The molecule has 0 spiro atoms. The van der Waals surface area contributed by atoms with Crippen molar-refractivity contribution < 1.29 is 55.4 Å². The van der Waals surface area contributed by atoms with E-state index in [9.17, 15) is 36.1 Å². The second-order valence-corrected chi connectivity index (χ2v) is 9.79. The number of carboxylic acid groups (broad SMARTS) is 2. The molecule has 0 fully saturated rings. The van der Waals surface area contributed by atoms with Crippen molar-refractivity contribution in [2.24, 2.45) is 5.41 Å². The highest BCUT2D eigenvalue weighted by molar-refractivity contribution is 7.52. The van der Waals surface area contributed by atoms with Gasteiger partial charge < -0.3 is 19.3 Å². The van der Waals surface area contributed by atoms with Crippen molar-refractivity contribution >= 4 is 19.7 Å². The van der Waals surface area contributed by atoms with Gasteiger partial charge in [-0.05, 0) is 24.5 Å². The molecular weight excluding hydrogens is 516 g/mol. The Kier molecular flexibility index (Phi) is 10.9. The van der Waals surface area contributed by atoms with Crippen LogP contribution in [0.4, 0.5) is 22.0 Å². The first-order valence-electron chi connectivity index (χ1n) is 10.3. The van der Waals surface area contributed by atoms with Crippen LogP contribution in [0.2, 0.25) is 0 Å². The molecule has 0 amide bonds. The van der Waals surface area contributed by atoms with E-state index in [0.29, 0.717) is 0 Å². The first kappa shape index (κ1) is 30.9. The normalized spacial score (nSPS) is 13.6. The second-order valence-electron chi connectivity index (χ2n) is 8.17. The molecule has 8 nitrogen and oxygen atoms in total.